The molecule has 0 atom stereocenters. The van der Waals surface area contributed by atoms with Gasteiger partial charge in [-0.2, -0.15) is 4.99 Å². The molecule has 108 valence electrons. The lowest BCUT2D eigenvalue weighted by molar-refractivity contribution is -0.117. The van der Waals surface area contributed by atoms with Gasteiger partial charge in [-0.3, -0.25) is 4.79 Å². The standard InChI is InChI=1S/C14H17FN2O2S/c1-3-13(18)16-14-17(7-8-19-4-2)11-6-5-10(15)9-12(11)20-14/h5-6,9H,3-4,7-8H2,1-2H3. The van der Waals surface area contributed by atoms with Crippen LogP contribution < -0.4 is 4.80 Å². The summed E-state index contributed by atoms with van der Waals surface area (Å²) in [6, 6.07) is 4.59. The van der Waals surface area contributed by atoms with Crippen molar-refractivity contribution in [1.29, 1.82) is 0 Å². The van der Waals surface area contributed by atoms with Crippen molar-refractivity contribution in [1.82, 2.24) is 4.57 Å². The molecule has 4 nitrogen and oxygen atoms in total. The van der Waals surface area contributed by atoms with Crippen molar-refractivity contribution < 1.29 is 13.9 Å². The maximum Gasteiger partial charge on any atom is 0.248 e. The Balaban J connectivity index is 2.50. The summed E-state index contributed by atoms with van der Waals surface area (Å²) in [6.07, 6.45) is 0.355. The van der Waals surface area contributed by atoms with Crippen molar-refractivity contribution in [3.63, 3.8) is 0 Å². The molecular formula is C14H17FN2O2S. The number of nitrogens with zero attached hydrogens (tertiary/aromatic N) is 2. The van der Waals surface area contributed by atoms with E-state index in [1.165, 1.54) is 23.5 Å². The number of hydrogen-bond donors (Lipinski definition) is 0. The van der Waals surface area contributed by atoms with Gasteiger partial charge < -0.3 is 9.30 Å². The number of benzene rings is 1. The molecule has 1 amide bonds. The second-order valence-corrected chi connectivity index (χ2v) is 5.21. The van der Waals surface area contributed by atoms with Gasteiger partial charge in [0.1, 0.15) is 5.82 Å². The summed E-state index contributed by atoms with van der Waals surface area (Å²) < 4.78 is 21.3. The Morgan fingerprint density at radius 3 is 2.95 bits per heavy atom. The number of rotatable bonds is 5. The smallest absolute Gasteiger partial charge is 0.248 e. The summed E-state index contributed by atoms with van der Waals surface area (Å²) in [4.78, 5) is 16.2. The van der Waals surface area contributed by atoms with Crippen LogP contribution in [-0.2, 0) is 16.1 Å². The molecule has 6 heteroatoms. The molecule has 0 saturated heterocycles. The maximum atomic E-state index is 13.3. The molecule has 1 aromatic heterocycles. The highest BCUT2D eigenvalue weighted by molar-refractivity contribution is 7.16. The first kappa shape index (κ1) is 14.9. The zero-order valence-electron chi connectivity index (χ0n) is 11.6. The monoisotopic (exact) mass is 296 g/mol. The number of hydrogen-bond acceptors (Lipinski definition) is 3. The van der Waals surface area contributed by atoms with Crippen LogP contribution in [0, 0.1) is 5.82 Å². The summed E-state index contributed by atoms with van der Waals surface area (Å²) >= 11 is 1.32. The molecule has 0 bridgehead atoms. The lowest BCUT2D eigenvalue weighted by atomic mass is 10.3. The van der Waals surface area contributed by atoms with Gasteiger partial charge >= 0.3 is 0 Å². The molecule has 2 rings (SSSR count). The molecule has 0 aliphatic carbocycles. The van der Waals surface area contributed by atoms with E-state index in [1.807, 2.05) is 11.5 Å². The highest BCUT2D eigenvalue weighted by atomic mass is 32.1. The summed E-state index contributed by atoms with van der Waals surface area (Å²) in [5.74, 6) is -0.466. The zero-order chi connectivity index (χ0) is 14.5. The fourth-order valence-corrected chi connectivity index (χ4v) is 2.93. The normalized spacial score (nSPS) is 12.2. The molecule has 2 aromatic rings. The van der Waals surface area contributed by atoms with Crippen LogP contribution >= 0.6 is 11.3 Å². The van der Waals surface area contributed by atoms with Crippen LogP contribution in [0.25, 0.3) is 10.2 Å². The van der Waals surface area contributed by atoms with E-state index in [2.05, 4.69) is 4.99 Å². The number of aromatic nitrogens is 1. The number of ether oxygens (including phenoxy) is 1. The molecule has 0 N–H and O–H groups in total. The van der Waals surface area contributed by atoms with Crippen LogP contribution in [0.4, 0.5) is 4.39 Å². The molecular weight excluding hydrogens is 279 g/mol. The van der Waals surface area contributed by atoms with E-state index in [1.54, 1.807) is 13.0 Å². The molecule has 0 unspecified atom stereocenters. The third kappa shape index (κ3) is 3.32. The summed E-state index contributed by atoms with van der Waals surface area (Å²) in [6.45, 7) is 5.46. The van der Waals surface area contributed by atoms with E-state index in [0.717, 1.165) is 10.2 Å². The minimum atomic E-state index is -0.288. The number of halogens is 1. The van der Waals surface area contributed by atoms with Gasteiger partial charge in [-0.1, -0.05) is 18.3 Å². The average Bonchev–Trinajstić information content (AvgIpc) is 2.75. The third-order valence-electron chi connectivity index (χ3n) is 2.83. The molecule has 1 aromatic carbocycles. The Morgan fingerprint density at radius 1 is 1.45 bits per heavy atom. The van der Waals surface area contributed by atoms with E-state index in [9.17, 15) is 9.18 Å². The summed E-state index contributed by atoms with van der Waals surface area (Å²) in [5, 5.41) is 0. The predicted molar refractivity (Wildman–Crippen MR) is 77.1 cm³/mol. The van der Waals surface area contributed by atoms with Gasteiger partial charge in [-0.15, -0.1) is 0 Å². The topological polar surface area (TPSA) is 43.6 Å². The Kier molecular flexibility index (Phi) is 5.03. The molecule has 1 heterocycles. The number of fused-ring (bicyclic) bond motifs is 1. The summed E-state index contributed by atoms with van der Waals surface area (Å²) in [5.41, 5.74) is 0.874. The van der Waals surface area contributed by atoms with Gasteiger partial charge in [0.2, 0.25) is 5.91 Å². The first-order chi connectivity index (χ1) is 9.65. The van der Waals surface area contributed by atoms with Crippen molar-refractivity contribution >= 4 is 27.5 Å². The lowest BCUT2D eigenvalue weighted by Crippen LogP contribution is -2.19. The number of carbonyl (C=O) groups excluding carboxylic acids is 1. The van der Waals surface area contributed by atoms with E-state index in [0.29, 0.717) is 31.0 Å². The number of thiazole rings is 1. The van der Waals surface area contributed by atoms with Crippen LogP contribution in [0.5, 0.6) is 0 Å². The van der Waals surface area contributed by atoms with Crippen LogP contribution in [0.1, 0.15) is 20.3 Å². The molecule has 0 fully saturated rings. The minimum absolute atomic E-state index is 0.179. The highest BCUT2D eigenvalue weighted by Crippen LogP contribution is 2.18. The number of amides is 1. The van der Waals surface area contributed by atoms with Crippen molar-refractivity contribution in [2.24, 2.45) is 4.99 Å². The Labute approximate surface area is 120 Å². The van der Waals surface area contributed by atoms with E-state index in [-0.39, 0.29) is 11.7 Å². The highest BCUT2D eigenvalue weighted by Gasteiger charge is 2.08. The van der Waals surface area contributed by atoms with E-state index >= 15 is 0 Å². The molecule has 20 heavy (non-hydrogen) atoms. The van der Waals surface area contributed by atoms with E-state index < -0.39 is 0 Å². The molecule has 0 saturated carbocycles. The van der Waals surface area contributed by atoms with Crippen LogP contribution in [0.3, 0.4) is 0 Å². The van der Waals surface area contributed by atoms with Crippen molar-refractivity contribution in [2.75, 3.05) is 13.2 Å². The molecule has 0 spiro atoms. The van der Waals surface area contributed by atoms with Crippen LogP contribution in [0.2, 0.25) is 0 Å². The quantitative estimate of drug-likeness (QED) is 0.796. The van der Waals surface area contributed by atoms with Gasteiger partial charge in [0, 0.05) is 19.6 Å². The van der Waals surface area contributed by atoms with Gasteiger partial charge in [0.25, 0.3) is 0 Å². The Morgan fingerprint density at radius 2 is 2.25 bits per heavy atom. The summed E-state index contributed by atoms with van der Waals surface area (Å²) in [7, 11) is 0. The maximum absolute atomic E-state index is 13.3. The lowest BCUT2D eigenvalue weighted by Gasteiger charge is -2.05. The second-order valence-electron chi connectivity index (χ2n) is 4.20. The largest absolute Gasteiger partial charge is 0.380 e. The third-order valence-corrected chi connectivity index (χ3v) is 3.87. The SMILES string of the molecule is CCOCCn1c(=NC(=O)CC)sc2cc(F)ccc21. The zero-order valence-corrected chi connectivity index (χ0v) is 12.4. The van der Waals surface area contributed by atoms with Crippen molar-refractivity contribution in [3.8, 4) is 0 Å². The fourth-order valence-electron chi connectivity index (χ4n) is 1.83. The Hall–Kier alpha value is -1.53. The minimum Gasteiger partial charge on any atom is -0.380 e. The van der Waals surface area contributed by atoms with Gasteiger partial charge in [-0.25, -0.2) is 4.39 Å². The van der Waals surface area contributed by atoms with Crippen molar-refractivity contribution in [2.45, 2.75) is 26.8 Å². The molecule has 0 aliphatic heterocycles. The van der Waals surface area contributed by atoms with Crippen molar-refractivity contribution in [3.05, 3.63) is 28.8 Å². The number of carbonyl (C=O) groups is 1. The van der Waals surface area contributed by atoms with E-state index in [4.69, 9.17) is 4.74 Å². The first-order valence-corrected chi connectivity index (χ1v) is 7.41. The second kappa shape index (κ2) is 6.76. The fraction of sp³-hybridized carbons (Fsp3) is 0.429. The van der Waals surface area contributed by atoms with Gasteiger partial charge in [0.15, 0.2) is 4.80 Å². The predicted octanol–water partition coefficient (Wildman–Crippen LogP) is 2.72. The van der Waals surface area contributed by atoms with Gasteiger partial charge in [0.05, 0.1) is 16.8 Å². The first-order valence-electron chi connectivity index (χ1n) is 6.60. The van der Waals surface area contributed by atoms with Crippen LogP contribution in [0.15, 0.2) is 23.2 Å². The van der Waals surface area contributed by atoms with Gasteiger partial charge in [-0.05, 0) is 25.1 Å². The average molecular weight is 296 g/mol. The van der Waals surface area contributed by atoms with Crippen LogP contribution in [-0.4, -0.2) is 23.7 Å². The molecule has 0 aliphatic rings. The Bertz CT molecular complexity index is 675. The molecule has 0 radical (unpaired) electrons.